The lowest BCUT2D eigenvalue weighted by molar-refractivity contribution is 0.252. The van der Waals surface area contributed by atoms with E-state index in [1.807, 2.05) is 0 Å². The predicted molar refractivity (Wildman–Crippen MR) is 90.5 cm³/mol. The summed E-state index contributed by atoms with van der Waals surface area (Å²) in [6.07, 6.45) is 6.28. The molecule has 1 aromatic carbocycles. The maximum absolute atomic E-state index is 5.60. The van der Waals surface area contributed by atoms with Crippen molar-refractivity contribution >= 4 is 0 Å². The van der Waals surface area contributed by atoms with E-state index in [1.54, 1.807) is 0 Å². The van der Waals surface area contributed by atoms with Gasteiger partial charge in [0.25, 0.3) is 0 Å². The Labute approximate surface area is 130 Å². The number of hydrogen-bond donors (Lipinski definition) is 1. The molecule has 1 heterocycles. The van der Waals surface area contributed by atoms with Crippen molar-refractivity contribution in [3.63, 3.8) is 0 Å². The molecule has 1 saturated heterocycles. The molecule has 2 N–H and O–H groups in total. The fraction of sp³-hybridized carbons (Fsp3) is 0.667. The largest absolute Gasteiger partial charge is 0.330 e. The maximum atomic E-state index is 5.60. The molecule has 0 spiro atoms. The molecule has 3 heteroatoms. The van der Waals surface area contributed by atoms with Gasteiger partial charge in [-0.15, -0.1) is 0 Å². The molecule has 1 fully saturated rings. The third kappa shape index (κ3) is 6.60. The minimum atomic E-state index is 0.819. The van der Waals surface area contributed by atoms with Gasteiger partial charge in [-0.05, 0) is 70.4 Å². The van der Waals surface area contributed by atoms with Gasteiger partial charge in [0, 0.05) is 13.1 Å². The first-order chi connectivity index (χ1) is 10.4. The van der Waals surface area contributed by atoms with Gasteiger partial charge < -0.3 is 15.5 Å². The van der Waals surface area contributed by atoms with E-state index in [2.05, 4.69) is 40.1 Å². The Bertz CT molecular complexity index is 366. The van der Waals surface area contributed by atoms with Gasteiger partial charge in [-0.2, -0.15) is 0 Å². The summed E-state index contributed by atoms with van der Waals surface area (Å²) in [6, 6.07) is 10.8. The zero-order valence-corrected chi connectivity index (χ0v) is 13.3. The smallest absolute Gasteiger partial charge is 0.0109 e. The molecule has 1 aliphatic heterocycles. The van der Waals surface area contributed by atoms with Crippen LogP contribution >= 0.6 is 0 Å². The van der Waals surface area contributed by atoms with E-state index in [4.69, 9.17) is 5.73 Å². The van der Waals surface area contributed by atoms with Gasteiger partial charge in [0.05, 0.1) is 0 Å². The van der Waals surface area contributed by atoms with E-state index in [0.717, 1.165) is 13.0 Å². The summed E-state index contributed by atoms with van der Waals surface area (Å²) >= 11 is 0. The molecule has 0 unspecified atom stereocenters. The van der Waals surface area contributed by atoms with E-state index < -0.39 is 0 Å². The summed E-state index contributed by atoms with van der Waals surface area (Å²) in [4.78, 5) is 5.23. The molecule has 21 heavy (non-hydrogen) atoms. The van der Waals surface area contributed by atoms with Crippen molar-refractivity contribution < 1.29 is 0 Å². The lowest BCUT2D eigenvalue weighted by Gasteiger charge is -2.21. The molecule has 1 aromatic rings. The molecule has 0 bridgehead atoms. The van der Waals surface area contributed by atoms with Crippen LogP contribution in [0.1, 0.15) is 31.2 Å². The second kappa shape index (κ2) is 9.93. The van der Waals surface area contributed by atoms with Crippen LogP contribution in [0, 0.1) is 0 Å². The van der Waals surface area contributed by atoms with Gasteiger partial charge in [-0.25, -0.2) is 0 Å². The van der Waals surface area contributed by atoms with Crippen LogP contribution < -0.4 is 5.73 Å². The first kappa shape index (κ1) is 16.5. The molecule has 1 aliphatic rings. The third-order valence-electron chi connectivity index (χ3n) is 4.39. The van der Waals surface area contributed by atoms with Crippen LogP contribution in [-0.4, -0.2) is 55.6 Å². The second-order valence-corrected chi connectivity index (χ2v) is 6.12. The highest BCUT2D eigenvalue weighted by Crippen LogP contribution is 2.08. The van der Waals surface area contributed by atoms with Crippen molar-refractivity contribution in [3.8, 4) is 0 Å². The second-order valence-electron chi connectivity index (χ2n) is 6.12. The summed E-state index contributed by atoms with van der Waals surface area (Å²) in [7, 11) is 0. The minimum absolute atomic E-state index is 0.819. The summed E-state index contributed by atoms with van der Waals surface area (Å²) in [5.74, 6) is 0. The first-order valence-corrected chi connectivity index (χ1v) is 8.57. The average Bonchev–Trinajstić information content (AvgIpc) is 2.76. The summed E-state index contributed by atoms with van der Waals surface area (Å²) < 4.78 is 0. The Morgan fingerprint density at radius 1 is 0.810 bits per heavy atom. The van der Waals surface area contributed by atoms with Crippen molar-refractivity contribution in [2.75, 3.05) is 45.8 Å². The molecule has 118 valence electrons. The number of nitrogens with two attached hydrogens (primary N) is 1. The molecule has 0 aromatic heterocycles. The highest BCUT2D eigenvalue weighted by atomic mass is 15.2. The van der Waals surface area contributed by atoms with Crippen LogP contribution in [0.5, 0.6) is 0 Å². The third-order valence-corrected chi connectivity index (χ3v) is 4.39. The minimum Gasteiger partial charge on any atom is -0.330 e. The quantitative estimate of drug-likeness (QED) is 0.746. The van der Waals surface area contributed by atoms with Crippen LogP contribution in [0.2, 0.25) is 0 Å². The molecule has 2 rings (SSSR count). The Kier molecular flexibility index (Phi) is 7.79. The van der Waals surface area contributed by atoms with E-state index in [-0.39, 0.29) is 0 Å². The zero-order chi connectivity index (χ0) is 14.8. The molecule has 0 aliphatic carbocycles. The SMILES string of the molecule is NCCCN1CCCN(CCCCc2ccccc2)CC1. The number of rotatable bonds is 8. The molecular formula is C18H31N3. The lowest BCUT2D eigenvalue weighted by atomic mass is 10.1. The van der Waals surface area contributed by atoms with Gasteiger partial charge in [0.15, 0.2) is 0 Å². The maximum Gasteiger partial charge on any atom is 0.0109 e. The number of benzene rings is 1. The van der Waals surface area contributed by atoms with E-state index in [1.165, 1.54) is 70.5 Å². The number of unbranched alkanes of at least 4 members (excludes halogenated alkanes) is 1. The summed E-state index contributed by atoms with van der Waals surface area (Å²) in [6.45, 7) is 8.23. The average molecular weight is 289 g/mol. The number of nitrogens with zero attached hydrogens (tertiary/aromatic N) is 2. The zero-order valence-electron chi connectivity index (χ0n) is 13.3. The highest BCUT2D eigenvalue weighted by molar-refractivity contribution is 5.14. The summed E-state index contributed by atoms with van der Waals surface area (Å²) in [5.41, 5.74) is 7.08. The highest BCUT2D eigenvalue weighted by Gasteiger charge is 2.13. The van der Waals surface area contributed by atoms with E-state index in [0.29, 0.717) is 0 Å². The van der Waals surface area contributed by atoms with Gasteiger partial charge in [0.2, 0.25) is 0 Å². The molecule has 0 saturated carbocycles. The van der Waals surface area contributed by atoms with Crippen LogP contribution in [0.15, 0.2) is 30.3 Å². The Morgan fingerprint density at radius 3 is 2.14 bits per heavy atom. The normalized spacial score (nSPS) is 17.8. The van der Waals surface area contributed by atoms with Crippen LogP contribution in [0.25, 0.3) is 0 Å². The van der Waals surface area contributed by atoms with Crippen LogP contribution in [0.4, 0.5) is 0 Å². The summed E-state index contributed by atoms with van der Waals surface area (Å²) in [5, 5.41) is 0. The number of aryl methyl sites for hydroxylation is 1. The van der Waals surface area contributed by atoms with Gasteiger partial charge in [0.1, 0.15) is 0 Å². The molecule has 0 radical (unpaired) electrons. The van der Waals surface area contributed by atoms with E-state index >= 15 is 0 Å². The van der Waals surface area contributed by atoms with Crippen molar-refractivity contribution in [1.29, 1.82) is 0 Å². The molecule has 3 nitrogen and oxygen atoms in total. The number of hydrogen-bond acceptors (Lipinski definition) is 3. The first-order valence-electron chi connectivity index (χ1n) is 8.57. The van der Waals surface area contributed by atoms with Crippen molar-refractivity contribution in [3.05, 3.63) is 35.9 Å². The van der Waals surface area contributed by atoms with Gasteiger partial charge >= 0.3 is 0 Å². The Morgan fingerprint density at radius 2 is 1.48 bits per heavy atom. The van der Waals surface area contributed by atoms with Crippen molar-refractivity contribution in [2.24, 2.45) is 5.73 Å². The van der Waals surface area contributed by atoms with Crippen LogP contribution in [-0.2, 0) is 6.42 Å². The van der Waals surface area contributed by atoms with Crippen LogP contribution in [0.3, 0.4) is 0 Å². The fourth-order valence-corrected chi connectivity index (χ4v) is 3.10. The van der Waals surface area contributed by atoms with Crippen molar-refractivity contribution in [2.45, 2.75) is 32.1 Å². The molecule has 0 atom stereocenters. The van der Waals surface area contributed by atoms with E-state index in [9.17, 15) is 0 Å². The lowest BCUT2D eigenvalue weighted by Crippen LogP contribution is -2.32. The monoisotopic (exact) mass is 289 g/mol. The topological polar surface area (TPSA) is 32.5 Å². The fourth-order valence-electron chi connectivity index (χ4n) is 3.10. The van der Waals surface area contributed by atoms with Gasteiger partial charge in [-0.3, -0.25) is 0 Å². The van der Waals surface area contributed by atoms with Gasteiger partial charge in [-0.1, -0.05) is 30.3 Å². The molecule has 0 amide bonds. The Hall–Kier alpha value is -0.900. The predicted octanol–water partition coefficient (Wildman–Crippen LogP) is 2.37. The Balaban J connectivity index is 1.58. The molecular weight excluding hydrogens is 258 g/mol. The van der Waals surface area contributed by atoms with Crippen molar-refractivity contribution in [1.82, 2.24) is 9.80 Å². The standard InChI is InChI=1S/C18H31N3/c19-11-6-13-21-15-7-14-20(16-17-21)12-5-4-10-18-8-2-1-3-9-18/h1-3,8-9H,4-7,10-17,19H2.